The molecule has 1 aromatic rings. The predicted molar refractivity (Wildman–Crippen MR) is 81.9 cm³/mol. The van der Waals surface area contributed by atoms with Gasteiger partial charge in [0.2, 0.25) is 0 Å². The third kappa shape index (κ3) is 4.10. The van der Waals surface area contributed by atoms with Crippen molar-refractivity contribution in [1.82, 2.24) is 4.90 Å². The first-order valence-corrected chi connectivity index (χ1v) is 6.81. The molecule has 3 nitrogen and oxygen atoms in total. The van der Waals surface area contributed by atoms with Crippen LogP contribution in [0.1, 0.15) is 25.3 Å². The molecular formula is C15H25ClN2O. The number of halogens is 1. The Balaban J connectivity index is 0.00000180. The van der Waals surface area contributed by atoms with E-state index >= 15 is 0 Å². The molecule has 19 heavy (non-hydrogen) atoms. The van der Waals surface area contributed by atoms with Gasteiger partial charge in [0, 0.05) is 19.1 Å². The van der Waals surface area contributed by atoms with Crippen LogP contribution >= 0.6 is 12.4 Å². The summed E-state index contributed by atoms with van der Waals surface area (Å²) in [4.78, 5) is 2.52. The first-order valence-electron chi connectivity index (χ1n) is 6.81. The summed E-state index contributed by atoms with van der Waals surface area (Å²) in [5, 5.41) is 0. The Hall–Kier alpha value is -0.770. The van der Waals surface area contributed by atoms with Crippen LogP contribution in [0.4, 0.5) is 0 Å². The van der Waals surface area contributed by atoms with Gasteiger partial charge in [-0.25, -0.2) is 0 Å². The van der Waals surface area contributed by atoms with Crippen LogP contribution in [0, 0.1) is 5.92 Å². The van der Waals surface area contributed by atoms with Gasteiger partial charge in [0.25, 0.3) is 0 Å². The van der Waals surface area contributed by atoms with Gasteiger partial charge in [0.1, 0.15) is 5.75 Å². The number of ether oxygens (including phenoxy) is 1. The van der Waals surface area contributed by atoms with Gasteiger partial charge in [-0.2, -0.15) is 0 Å². The number of likely N-dealkylation sites (tertiary alicyclic amines) is 1. The third-order valence-corrected chi connectivity index (χ3v) is 3.99. The topological polar surface area (TPSA) is 38.5 Å². The molecule has 1 fully saturated rings. The van der Waals surface area contributed by atoms with E-state index in [1.807, 2.05) is 6.07 Å². The van der Waals surface area contributed by atoms with Crippen LogP contribution in [0.5, 0.6) is 5.75 Å². The molecule has 0 spiro atoms. The minimum absolute atomic E-state index is 0. The molecule has 0 saturated carbocycles. The second-order valence-corrected chi connectivity index (χ2v) is 5.24. The maximum Gasteiger partial charge on any atom is 0.119 e. The van der Waals surface area contributed by atoms with E-state index in [1.165, 1.54) is 18.4 Å². The number of rotatable bonds is 4. The van der Waals surface area contributed by atoms with Crippen LogP contribution in [-0.4, -0.2) is 31.1 Å². The van der Waals surface area contributed by atoms with Crippen LogP contribution in [0.3, 0.4) is 0 Å². The number of methoxy groups -OCH3 is 1. The summed E-state index contributed by atoms with van der Waals surface area (Å²) in [6.45, 7) is 5.20. The van der Waals surface area contributed by atoms with Crippen LogP contribution in [0.15, 0.2) is 24.3 Å². The summed E-state index contributed by atoms with van der Waals surface area (Å²) < 4.78 is 5.28. The molecule has 2 unspecified atom stereocenters. The van der Waals surface area contributed by atoms with E-state index in [2.05, 4.69) is 30.0 Å². The minimum Gasteiger partial charge on any atom is -0.497 e. The molecule has 1 aliphatic rings. The van der Waals surface area contributed by atoms with Crippen molar-refractivity contribution in [1.29, 1.82) is 0 Å². The van der Waals surface area contributed by atoms with Crippen molar-refractivity contribution in [3.63, 3.8) is 0 Å². The molecule has 4 heteroatoms. The fourth-order valence-electron chi connectivity index (χ4n) is 2.92. The Labute approximate surface area is 122 Å². The van der Waals surface area contributed by atoms with E-state index in [1.54, 1.807) is 7.11 Å². The largest absolute Gasteiger partial charge is 0.497 e. The Kier molecular flexibility index (Phi) is 6.63. The van der Waals surface area contributed by atoms with E-state index < -0.39 is 0 Å². The van der Waals surface area contributed by atoms with Gasteiger partial charge < -0.3 is 10.5 Å². The van der Waals surface area contributed by atoms with Crippen molar-refractivity contribution in [2.75, 3.05) is 20.2 Å². The van der Waals surface area contributed by atoms with E-state index in [4.69, 9.17) is 10.5 Å². The zero-order valence-corrected chi connectivity index (χ0v) is 12.7. The van der Waals surface area contributed by atoms with Gasteiger partial charge >= 0.3 is 0 Å². The molecule has 1 aromatic carbocycles. The zero-order chi connectivity index (χ0) is 13.0. The zero-order valence-electron chi connectivity index (χ0n) is 11.8. The molecule has 0 bridgehead atoms. The van der Waals surface area contributed by atoms with E-state index in [-0.39, 0.29) is 12.4 Å². The first kappa shape index (κ1) is 16.3. The molecule has 0 aliphatic carbocycles. The van der Waals surface area contributed by atoms with Crippen LogP contribution in [0.2, 0.25) is 0 Å². The highest BCUT2D eigenvalue weighted by Crippen LogP contribution is 2.25. The van der Waals surface area contributed by atoms with Gasteiger partial charge in [-0.1, -0.05) is 19.1 Å². The summed E-state index contributed by atoms with van der Waals surface area (Å²) >= 11 is 0. The first-order chi connectivity index (χ1) is 8.74. The number of nitrogens with zero attached hydrogens (tertiary/aromatic N) is 1. The molecule has 2 rings (SSSR count). The summed E-state index contributed by atoms with van der Waals surface area (Å²) in [6, 6.07) is 8.84. The van der Waals surface area contributed by atoms with Gasteiger partial charge in [0.15, 0.2) is 0 Å². The number of hydrogen-bond acceptors (Lipinski definition) is 3. The molecule has 2 atom stereocenters. The standard InChI is InChI=1S/C15H24N2O.ClH/c1-12-5-4-8-17(15(12)10-16)11-13-6-3-7-14(9-13)18-2;/h3,6-7,9,12,15H,4-5,8,10-11,16H2,1-2H3;1H. The second-order valence-electron chi connectivity index (χ2n) is 5.24. The number of piperidine rings is 1. The summed E-state index contributed by atoms with van der Waals surface area (Å²) in [7, 11) is 1.71. The average molecular weight is 285 g/mol. The lowest BCUT2D eigenvalue weighted by Gasteiger charge is -2.39. The highest BCUT2D eigenvalue weighted by Gasteiger charge is 2.27. The fourth-order valence-corrected chi connectivity index (χ4v) is 2.92. The SMILES string of the molecule is COc1cccc(CN2CCCC(C)C2CN)c1.Cl. The maximum atomic E-state index is 5.93. The quantitative estimate of drug-likeness (QED) is 0.924. The minimum atomic E-state index is 0. The highest BCUT2D eigenvalue weighted by atomic mass is 35.5. The second kappa shape index (κ2) is 7.73. The molecule has 1 heterocycles. The highest BCUT2D eigenvalue weighted by molar-refractivity contribution is 5.85. The molecular weight excluding hydrogens is 260 g/mol. The molecule has 108 valence electrons. The van der Waals surface area contributed by atoms with Gasteiger partial charge in [-0.05, 0) is 43.0 Å². The summed E-state index contributed by atoms with van der Waals surface area (Å²) in [6.07, 6.45) is 2.58. The Morgan fingerprint density at radius 1 is 1.42 bits per heavy atom. The lowest BCUT2D eigenvalue weighted by molar-refractivity contribution is 0.0990. The number of nitrogens with two attached hydrogens (primary N) is 1. The average Bonchev–Trinajstić information content (AvgIpc) is 2.39. The van der Waals surface area contributed by atoms with Crippen molar-refractivity contribution in [2.45, 2.75) is 32.4 Å². The van der Waals surface area contributed by atoms with Crippen molar-refractivity contribution in [3.05, 3.63) is 29.8 Å². The van der Waals surface area contributed by atoms with E-state index in [0.29, 0.717) is 12.0 Å². The fraction of sp³-hybridized carbons (Fsp3) is 0.600. The Bertz CT molecular complexity index is 386. The monoisotopic (exact) mass is 284 g/mol. The van der Waals surface area contributed by atoms with Crippen molar-refractivity contribution in [2.24, 2.45) is 11.7 Å². The van der Waals surface area contributed by atoms with Crippen LogP contribution < -0.4 is 10.5 Å². The smallest absolute Gasteiger partial charge is 0.119 e. The molecule has 1 aliphatic heterocycles. The van der Waals surface area contributed by atoms with Crippen molar-refractivity contribution in [3.8, 4) is 5.75 Å². The maximum absolute atomic E-state index is 5.93. The predicted octanol–water partition coefficient (Wildman–Crippen LogP) is 2.68. The third-order valence-electron chi connectivity index (χ3n) is 3.99. The van der Waals surface area contributed by atoms with E-state index in [9.17, 15) is 0 Å². The lowest BCUT2D eigenvalue weighted by Crippen LogP contribution is -2.47. The number of hydrogen-bond donors (Lipinski definition) is 1. The van der Waals surface area contributed by atoms with Gasteiger partial charge in [-0.15, -0.1) is 12.4 Å². The van der Waals surface area contributed by atoms with E-state index in [0.717, 1.165) is 25.4 Å². The van der Waals surface area contributed by atoms with Crippen molar-refractivity contribution >= 4 is 12.4 Å². The summed E-state index contributed by atoms with van der Waals surface area (Å²) in [5.41, 5.74) is 7.23. The Morgan fingerprint density at radius 2 is 2.21 bits per heavy atom. The van der Waals surface area contributed by atoms with Gasteiger partial charge in [0.05, 0.1) is 7.11 Å². The Morgan fingerprint density at radius 3 is 2.89 bits per heavy atom. The lowest BCUT2D eigenvalue weighted by atomic mass is 9.90. The van der Waals surface area contributed by atoms with Crippen LogP contribution in [-0.2, 0) is 6.54 Å². The summed E-state index contributed by atoms with van der Waals surface area (Å²) in [5.74, 6) is 1.64. The molecule has 2 N–H and O–H groups in total. The van der Waals surface area contributed by atoms with Crippen molar-refractivity contribution < 1.29 is 4.74 Å². The molecule has 1 saturated heterocycles. The van der Waals surface area contributed by atoms with Crippen LogP contribution in [0.25, 0.3) is 0 Å². The molecule has 0 amide bonds. The van der Waals surface area contributed by atoms with Gasteiger partial charge in [-0.3, -0.25) is 4.90 Å². The molecule has 0 aromatic heterocycles. The number of benzene rings is 1. The molecule has 0 radical (unpaired) electrons. The normalized spacial score (nSPS) is 23.7.